The first kappa shape index (κ1) is 35.1. The minimum Gasteiger partial charge on any atom is -0.490 e. The third-order valence-electron chi connectivity index (χ3n) is 11.9. The van der Waals surface area contributed by atoms with Gasteiger partial charge in [0.2, 0.25) is 0 Å². The third kappa shape index (κ3) is 7.06. The molecule has 1 atom stereocenters. The van der Waals surface area contributed by atoms with Gasteiger partial charge in [-0.1, -0.05) is 0 Å². The predicted molar refractivity (Wildman–Crippen MR) is 193 cm³/mol. The van der Waals surface area contributed by atoms with Crippen LogP contribution in [0.5, 0.6) is 17.4 Å². The number of halogens is 1. The van der Waals surface area contributed by atoms with Gasteiger partial charge in [0.1, 0.15) is 29.7 Å². The molecule has 278 valence electrons. The van der Waals surface area contributed by atoms with E-state index in [1.807, 2.05) is 33.0 Å². The molecule has 12 nitrogen and oxygen atoms in total. The van der Waals surface area contributed by atoms with Gasteiger partial charge in [0.05, 0.1) is 12.2 Å². The van der Waals surface area contributed by atoms with Crippen LogP contribution in [0.4, 0.5) is 10.2 Å². The lowest BCUT2D eigenvalue weighted by molar-refractivity contribution is -0.0353. The standard InChI is InChI=1S/C39H51FN8O4/c1-4-48(27(2)3)37(49)30-18-28(40)6-7-33(30)52-36-35(42-26-43-44-36)47-23-39(24-47)19-29(20-39)51-34-8-12-41-32-9-15-45(21-31(32)34)13-5-14-46-16-10-38(22-46)11-17-50-25-38/h6-8,12,18,26-27,29H,4-5,9-11,13-17,19-25H2,1-3H3. The van der Waals surface area contributed by atoms with Crippen LogP contribution in [0, 0.1) is 16.6 Å². The molecule has 4 fully saturated rings. The van der Waals surface area contributed by atoms with Crippen molar-refractivity contribution in [2.75, 3.05) is 70.5 Å². The maximum atomic E-state index is 14.3. The normalized spacial score (nSPS) is 22.8. The first-order chi connectivity index (χ1) is 25.2. The fraction of sp³-hybridized carbons (Fsp3) is 0.615. The van der Waals surface area contributed by atoms with Crippen LogP contribution in [0.15, 0.2) is 36.8 Å². The molecule has 0 radical (unpaired) electrons. The van der Waals surface area contributed by atoms with Crippen molar-refractivity contribution in [1.82, 2.24) is 34.9 Å². The highest BCUT2D eigenvalue weighted by molar-refractivity contribution is 5.97. The maximum Gasteiger partial charge on any atom is 0.282 e. The Balaban J connectivity index is 0.849. The molecule has 8 rings (SSSR count). The Labute approximate surface area is 305 Å². The van der Waals surface area contributed by atoms with E-state index in [0.717, 1.165) is 77.5 Å². The number of likely N-dealkylation sites (tertiary alicyclic amines) is 1. The molecule has 6 heterocycles. The van der Waals surface area contributed by atoms with E-state index in [1.54, 1.807) is 4.90 Å². The van der Waals surface area contributed by atoms with E-state index in [4.69, 9.17) is 19.2 Å². The van der Waals surface area contributed by atoms with Crippen molar-refractivity contribution in [3.8, 4) is 17.4 Å². The quantitative estimate of drug-likeness (QED) is 0.254. The summed E-state index contributed by atoms with van der Waals surface area (Å²) in [6.07, 6.45) is 10.0. The van der Waals surface area contributed by atoms with Crippen molar-refractivity contribution in [3.63, 3.8) is 0 Å². The number of ether oxygens (including phenoxy) is 3. The summed E-state index contributed by atoms with van der Waals surface area (Å²) < 4.78 is 32.9. The molecule has 3 aromatic rings. The van der Waals surface area contributed by atoms with E-state index >= 15 is 0 Å². The first-order valence-electron chi connectivity index (χ1n) is 19.1. The molecular formula is C39H51FN8O4. The molecule has 5 aliphatic rings. The lowest BCUT2D eigenvalue weighted by Crippen LogP contribution is -2.65. The molecule has 1 unspecified atom stereocenters. The fourth-order valence-electron chi connectivity index (χ4n) is 9.12. The molecule has 52 heavy (non-hydrogen) atoms. The monoisotopic (exact) mass is 714 g/mol. The summed E-state index contributed by atoms with van der Waals surface area (Å²) >= 11 is 0. The predicted octanol–water partition coefficient (Wildman–Crippen LogP) is 4.98. The van der Waals surface area contributed by atoms with E-state index in [-0.39, 0.29) is 40.7 Å². The van der Waals surface area contributed by atoms with Crippen molar-refractivity contribution in [3.05, 3.63) is 59.4 Å². The number of pyridine rings is 1. The Morgan fingerprint density at radius 1 is 1.06 bits per heavy atom. The zero-order valence-electron chi connectivity index (χ0n) is 30.7. The molecule has 0 N–H and O–H groups in total. The van der Waals surface area contributed by atoms with Gasteiger partial charge in [-0.05, 0) is 96.8 Å². The van der Waals surface area contributed by atoms with Gasteiger partial charge in [-0.25, -0.2) is 9.37 Å². The van der Waals surface area contributed by atoms with E-state index in [9.17, 15) is 9.18 Å². The summed E-state index contributed by atoms with van der Waals surface area (Å²) in [5, 5.41) is 8.18. The Kier molecular flexibility index (Phi) is 9.77. The number of anilines is 1. The van der Waals surface area contributed by atoms with Crippen molar-refractivity contribution in [1.29, 1.82) is 0 Å². The second-order valence-corrected chi connectivity index (χ2v) is 16.0. The van der Waals surface area contributed by atoms with Crippen LogP contribution in [0.1, 0.15) is 74.5 Å². The number of rotatable bonds is 12. The zero-order valence-corrected chi connectivity index (χ0v) is 30.7. The lowest BCUT2D eigenvalue weighted by Gasteiger charge is -2.58. The van der Waals surface area contributed by atoms with Gasteiger partial charge in [-0.3, -0.25) is 14.7 Å². The van der Waals surface area contributed by atoms with Crippen LogP contribution in [0.25, 0.3) is 0 Å². The number of aromatic nitrogens is 4. The molecule has 3 saturated heterocycles. The smallest absolute Gasteiger partial charge is 0.282 e. The second-order valence-electron chi connectivity index (χ2n) is 16.0. The molecule has 1 saturated carbocycles. The summed E-state index contributed by atoms with van der Waals surface area (Å²) in [6.45, 7) is 16.3. The number of carbonyl (C=O) groups excluding carboxylic acids is 1. The topological polar surface area (TPSA) is 109 Å². The van der Waals surface area contributed by atoms with Crippen LogP contribution in [-0.4, -0.2) is 118 Å². The largest absolute Gasteiger partial charge is 0.490 e. The summed E-state index contributed by atoms with van der Waals surface area (Å²) in [5.74, 6) is 1.14. The van der Waals surface area contributed by atoms with Crippen LogP contribution in [0.3, 0.4) is 0 Å². The summed E-state index contributed by atoms with van der Waals surface area (Å²) in [5.41, 5.74) is 3.12. The molecule has 2 aromatic heterocycles. The molecule has 1 aromatic carbocycles. The Morgan fingerprint density at radius 3 is 2.69 bits per heavy atom. The average molecular weight is 715 g/mol. The number of hydrogen-bond donors (Lipinski definition) is 0. The summed E-state index contributed by atoms with van der Waals surface area (Å²) in [7, 11) is 0. The minimum absolute atomic E-state index is 0.0516. The van der Waals surface area contributed by atoms with Crippen LogP contribution in [-0.2, 0) is 17.7 Å². The Morgan fingerprint density at radius 2 is 1.90 bits per heavy atom. The number of carbonyl (C=O) groups is 1. The van der Waals surface area contributed by atoms with Gasteiger partial charge in [-0.15, -0.1) is 10.2 Å². The van der Waals surface area contributed by atoms with E-state index in [1.165, 1.54) is 68.1 Å². The molecule has 2 spiro atoms. The van der Waals surface area contributed by atoms with Gasteiger partial charge in [-0.2, -0.15) is 0 Å². The number of hydrogen-bond acceptors (Lipinski definition) is 11. The van der Waals surface area contributed by atoms with Crippen molar-refractivity contribution < 1.29 is 23.4 Å². The van der Waals surface area contributed by atoms with Gasteiger partial charge in [0, 0.05) is 86.6 Å². The van der Waals surface area contributed by atoms with E-state index < -0.39 is 5.82 Å². The Bertz CT molecular complexity index is 1760. The molecule has 1 amide bonds. The first-order valence-corrected chi connectivity index (χ1v) is 19.1. The van der Waals surface area contributed by atoms with Crippen LogP contribution < -0.4 is 14.4 Å². The highest BCUT2D eigenvalue weighted by Gasteiger charge is 2.54. The molecular weight excluding hydrogens is 663 g/mol. The van der Waals surface area contributed by atoms with Gasteiger partial charge < -0.3 is 28.9 Å². The molecule has 13 heteroatoms. The second kappa shape index (κ2) is 14.5. The summed E-state index contributed by atoms with van der Waals surface area (Å²) in [4.78, 5) is 31.6. The van der Waals surface area contributed by atoms with Crippen LogP contribution >= 0.6 is 0 Å². The summed E-state index contributed by atoms with van der Waals surface area (Å²) in [6, 6.07) is 5.95. The lowest BCUT2D eigenvalue weighted by atomic mass is 9.61. The third-order valence-corrected chi connectivity index (χ3v) is 11.9. The molecule has 0 bridgehead atoms. The van der Waals surface area contributed by atoms with Gasteiger partial charge in [0.15, 0.2) is 5.82 Å². The highest BCUT2D eigenvalue weighted by atomic mass is 19.1. The van der Waals surface area contributed by atoms with E-state index in [2.05, 4.69) is 29.9 Å². The Hall–Kier alpha value is -3.94. The zero-order chi connectivity index (χ0) is 35.9. The number of amides is 1. The van der Waals surface area contributed by atoms with E-state index in [0.29, 0.717) is 17.8 Å². The maximum absolute atomic E-state index is 14.3. The minimum atomic E-state index is -0.509. The van der Waals surface area contributed by atoms with Crippen molar-refractivity contribution >= 4 is 11.7 Å². The molecule has 1 aliphatic carbocycles. The van der Waals surface area contributed by atoms with Gasteiger partial charge >= 0.3 is 0 Å². The van der Waals surface area contributed by atoms with Crippen LogP contribution in [0.2, 0.25) is 0 Å². The fourth-order valence-corrected chi connectivity index (χ4v) is 9.12. The molecule has 4 aliphatic heterocycles. The number of benzene rings is 1. The number of fused-ring (bicyclic) bond motifs is 1. The average Bonchev–Trinajstić information content (AvgIpc) is 3.75. The highest BCUT2D eigenvalue weighted by Crippen LogP contribution is 2.52. The SMILES string of the molecule is CCN(C(=O)c1cc(F)ccc1Oc1nncnc1N1CC2(CC(Oc3ccnc4c3CN(CCCN3CCC5(CCOC5)C3)CC4)C2)C1)C(C)C. The van der Waals surface area contributed by atoms with Crippen molar-refractivity contribution in [2.45, 2.75) is 78.0 Å². The van der Waals surface area contributed by atoms with Gasteiger partial charge in [0.25, 0.3) is 11.8 Å². The van der Waals surface area contributed by atoms with Crippen molar-refractivity contribution in [2.24, 2.45) is 10.8 Å². The number of nitrogens with zero attached hydrogens (tertiary/aromatic N) is 8.